The van der Waals surface area contributed by atoms with Crippen molar-refractivity contribution in [3.63, 3.8) is 0 Å². The highest BCUT2D eigenvalue weighted by atomic mass is 19.1. The Labute approximate surface area is 218 Å². The summed E-state index contributed by atoms with van der Waals surface area (Å²) in [5.41, 5.74) is 1.40. The molecular formula is C28H28F2N2O6. The maximum Gasteiger partial charge on any atom is 0.258 e. The van der Waals surface area contributed by atoms with E-state index in [1.807, 2.05) is 0 Å². The van der Waals surface area contributed by atoms with Crippen LogP contribution < -0.4 is 15.0 Å². The van der Waals surface area contributed by atoms with E-state index in [9.17, 15) is 28.6 Å². The van der Waals surface area contributed by atoms with Gasteiger partial charge in [-0.05, 0) is 66.9 Å². The summed E-state index contributed by atoms with van der Waals surface area (Å²) in [6.45, 7) is -0.418. The number of anilines is 1. The first-order valence-corrected chi connectivity index (χ1v) is 12.1. The number of halogens is 2. The molecule has 0 bridgehead atoms. The molecule has 3 aromatic rings. The van der Waals surface area contributed by atoms with E-state index in [0.717, 1.165) is 0 Å². The smallest absolute Gasteiger partial charge is 0.258 e. The number of carbonyl (C=O) groups excluding carboxylic acids is 2. The van der Waals surface area contributed by atoms with Crippen molar-refractivity contribution in [3.8, 4) is 11.5 Å². The second-order valence-corrected chi connectivity index (χ2v) is 8.96. The third-order valence-corrected chi connectivity index (χ3v) is 6.45. The average molecular weight is 527 g/mol. The Hall–Kier alpha value is -4.02. The second kappa shape index (κ2) is 12.0. The zero-order chi connectivity index (χ0) is 27.2. The summed E-state index contributed by atoms with van der Waals surface area (Å²) in [5, 5.41) is 32.6. The lowest BCUT2D eigenvalue weighted by molar-refractivity contribution is -0.131. The number of β-lactam (4-membered cyclic amide) rings is 1. The van der Waals surface area contributed by atoms with E-state index in [4.69, 9.17) is 9.84 Å². The van der Waals surface area contributed by atoms with Crippen LogP contribution in [0.5, 0.6) is 11.5 Å². The lowest BCUT2D eigenvalue weighted by atomic mass is 9.78. The van der Waals surface area contributed by atoms with Crippen LogP contribution in [0.15, 0.2) is 66.7 Å². The van der Waals surface area contributed by atoms with Gasteiger partial charge in [-0.15, -0.1) is 0 Å². The largest absolute Gasteiger partial charge is 0.507 e. The quantitative estimate of drug-likeness (QED) is 0.285. The fourth-order valence-corrected chi connectivity index (χ4v) is 4.52. The van der Waals surface area contributed by atoms with E-state index >= 15 is 0 Å². The molecule has 4 rings (SSSR count). The van der Waals surface area contributed by atoms with Gasteiger partial charge in [0.1, 0.15) is 23.1 Å². The fourth-order valence-electron chi connectivity index (χ4n) is 4.52. The van der Waals surface area contributed by atoms with Gasteiger partial charge in [0.2, 0.25) is 5.91 Å². The SMILES string of the molecule is O=C(COc1ccc([C@@H]2[C@@H](CC[C@H](O)c3ccc(F)cc3)C(=O)N2c2ccc(F)cc2)c(O)c1)NCCO. The molecule has 0 spiro atoms. The molecule has 0 unspecified atom stereocenters. The Morgan fingerprint density at radius 1 is 1.03 bits per heavy atom. The van der Waals surface area contributed by atoms with E-state index in [0.29, 0.717) is 16.8 Å². The first kappa shape index (κ1) is 27.0. The molecular weight excluding hydrogens is 498 g/mol. The van der Waals surface area contributed by atoms with Gasteiger partial charge in [-0.1, -0.05) is 12.1 Å². The summed E-state index contributed by atoms with van der Waals surface area (Å²) < 4.78 is 32.2. The van der Waals surface area contributed by atoms with Gasteiger partial charge in [-0.2, -0.15) is 0 Å². The summed E-state index contributed by atoms with van der Waals surface area (Å²) in [5.74, 6) is -2.07. The number of rotatable bonds is 11. The third-order valence-electron chi connectivity index (χ3n) is 6.45. The van der Waals surface area contributed by atoms with Gasteiger partial charge < -0.3 is 30.3 Å². The number of nitrogens with one attached hydrogen (secondary N) is 1. The predicted molar refractivity (Wildman–Crippen MR) is 134 cm³/mol. The lowest BCUT2D eigenvalue weighted by Gasteiger charge is -2.48. The number of aliphatic hydroxyl groups is 2. The van der Waals surface area contributed by atoms with E-state index in [-0.39, 0.29) is 50.0 Å². The lowest BCUT2D eigenvalue weighted by Crippen LogP contribution is -2.55. The van der Waals surface area contributed by atoms with Gasteiger partial charge in [0.25, 0.3) is 5.91 Å². The van der Waals surface area contributed by atoms with Crippen LogP contribution in [0.1, 0.15) is 36.1 Å². The van der Waals surface area contributed by atoms with Gasteiger partial charge in [0.15, 0.2) is 6.61 Å². The van der Waals surface area contributed by atoms with Gasteiger partial charge in [-0.3, -0.25) is 9.59 Å². The summed E-state index contributed by atoms with van der Waals surface area (Å²) in [7, 11) is 0. The molecule has 1 aliphatic heterocycles. The predicted octanol–water partition coefficient (Wildman–Crippen LogP) is 3.38. The molecule has 3 aromatic carbocycles. The summed E-state index contributed by atoms with van der Waals surface area (Å²) in [6.07, 6.45) is -0.409. The number of ether oxygens (including phenoxy) is 1. The highest BCUT2D eigenvalue weighted by Crippen LogP contribution is 2.49. The third kappa shape index (κ3) is 6.09. The molecule has 0 aliphatic carbocycles. The maximum absolute atomic E-state index is 13.5. The van der Waals surface area contributed by atoms with Crippen LogP contribution in [0.2, 0.25) is 0 Å². The van der Waals surface area contributed by atoms with Gasteiger partial charge in [0.05, 0.1) is 24.7 Å². The second-order valence-electron chi connectivity index (χ2n) is 8.96. The Bertz CT molecular complexity index is 1270. The molecule has 8 nitrogen and oxygen atoms in total. The van der Waals surface area contributed by atoms with E-state index in [1.165, 1.54) is 59.5 Å². The van der Waals surface area contributed by atoms with Crippen molar-refractivity contribution in [1.29, 1.82) is 0 Å². The Balaban J connectivity index is 1.53. The number of aliphatic hydroxyl groups excluding tert-OH is 2. The molecule has 0 saturated carbocycles. The number of benzene rings is 3. The molecule has 0 radical (unpaired) electrons. The molecule has 1 aliphatic rings. The van der Waals surface area contributed by atoms with Crippen molar-refractivity contribution in [2.75, 3.05) is 24.7 Å². The minimum Gasteiger partial charge on any atom is -0.507 e. The van der Waals surface area contributed by atoms with Crippen LogP contribution in [0.25, 0.3) is 0 Å². The topological polar surface area (TPSA) is 119 Å². The van der Waals surface area contributed by atoms with Gasteiger partial charge in [-0.25, -0.2) is 8.78 Å². The van der Waals surface area contributed by atoms with Crippen molar-refractivity contribution in [2.24, 2.45) is 5.92 Å². The van der Waals surface area contributed by atoms with E-state index in [2.05, 4.69) is 5.32 Å². The van der Waals surface area contributed by atoms with Crippen LogP contribution >= 0.6 is 0 Å². The first-order valence-electron chi connectivity index (χ1n) is 12.1. The number of carbonyl (C=O) groups is 2. The molecule has 1 saturated heterocycles. The van der Waals surface area contributed by atoms with Crippen LogP contribution in [-0.4, -0.2) is 46.9 Å². The molecule has 3 atom stereocenters. The van der Waals surface area contributed by atoms with Crippen LogP contribution in [0.3, 0.4) is 0 Å². The number of phenolic OH excluding ortho intramolecular Hbond substituents is 1. The minimum atomic E-state index is -0.912. The number of phenols is 1. The summed E-state index contributed by atoms with van der Waals surface area (Å²) >= 11 is 0. The highest BCUT2D eigenvalue weighted by molar-refractivity contribution is 6.03. The summed E-state index contributed by atoms with van der Waals surface area (Å²) in [6, 6.07) is 14.8. The van der Waals surface area contributed by atoms with Crippen molar-refractivity contribution in [2.45, 2.75) is 25.0 Å². The average Bonchev–Trinajstić information content (AvgIpc) is 2.91. The normalized spacial score (nSPS) is 17.6. The number of nitrogens with zero attached hydrogens (tertiary/aromatic N) is 1. The number of hydrogen-bond acceptors (Lipinski definition) is 6. The van der Waals surface area contributed by atoms with Crippen LogP contribution in [0.4, 0.5) is 14.5 Å². The molecule has 200 valence electrons. The monoisotopic (exact) mass is 526 g/mol. The van der Waals surface area contributed by atoms with E-state index in [1.54, 1.807) is 12.1 Å². The van der Waals surface area contributed by atoms with Crippen molar-refractivity contribution in [1.82, 2.24) is 5.32 Å². The standard InChI is InChI=1S/C28H28F2N2O6/c29-18-3-1-17(2-4-18)24(34)12-11-23-27(32(28(23)37)20-7-5-19(30)6-8-20)22-10-9-21(15-25(22)35)38-16-26(36)31-13-14-33/h1-10,15,23-24,27,33-35H,11-14,16H2,(H,31,36)/t23-,24+,27-/m1/s1. The van der Waals surface area contributed by atoms with E-state index < -0.39 is 35.6 Å². The number of aromatic hydroxyl groups is 1. The van der Waals surface area contributed by atoms with Crippen LogP contribution in [0, 0.1) is 17.6 Å². The van der Waals surface area contributed by atoms with Crippen LogP contribution in [-0.2, 0) is 9.59 Å². The fraction of sp³-hybridized carbons (Fsp3) is 0.286. The van der Waals surface area contributed by atoms with Gasteiger partial charge in [0, 0.05) is 23.9 Å². The molecule has 1 fully saturated rings. The molecule has 4 N–H and O–H groups in total. The number of amides is 2. The highest BCUT2D eigenvalue weighted by Gasteiger charge is 2.49. The van der Waals surface area contributed by atoms with Crippen molar-refractivity contribution < 1.29 is 38.4 Å². The first-order chi connectivity index (χ1) is 18.3. The molecule has 0 aromatic heterocycles. The molecule has 2 amide bonds. The Kier molecular flexibility index (Phi) is 8.55. The van der Waals surface area contributed by atoms with Gasteiger partial charge >= 0.3 is 0 Å². The zero-order valence-electron chi connectivity index (χ0n) is 20.4. The Morgan fingerprint density at radius 2 is 1.68 bits per heavy atom. The van der Waals surface area contributed by atoms with Crippen molar-refractivity contribution in [3.05, 3.63) is 89.5 Å². The zero-order valence-corrected chi connectivity index (χ0v) is 20.4. The minimum absolute atomic E-state index is 0.0958. The molecule has 38 heavy (non-hydrogen) atoms. The maximum atomic E-state index is 13.5. The number of hydrogen-bond donors (Lipinski definition) is 4. The summed E-state index contributed by atoms with van der Waals surface area (Å²) in [4.78, 5) is 26.4. The molecule has 1 heterocycles. The van der Waals surface area contributed by atoms with Crippen molar-refractivity contribution >= 4 is 17.5 Å². The molecule has 10 heteroatoms. The Morgan fingerprint density at radius 3 is 2.32 bits per heavy atom.